The molecular formula is C14H16N2O5. The van der Waals surface area contributed by atoms with Crippen LogP contribution in [-0.4, -0.2) is 39.4 Å². The third kappa shape index (κ3) is 3.18. The molecule has 1 unspecified atom stereocenters. The average molecular weight is 292 g/mol. The van der Waals surface area contributed by atoms with Crippen molar-refractivity contribution < 1.29 is 19.6 Å². The predicted molar refractivity (Wildman–Crippen MR) is 74.1 cm³/mol. The van der Waals surface area contributed by atoms with E-state index in [1.165, 1.54) is 23.1 Å². The van der Waals surface area contributed by atoms with E-state index in [9.17, 15) is 19.7 Å². The Labute approximate surface area is 121 Å². The number of aliphatic carboxylic acids is 1. The number of aryl methyl sites for hydroxylation is 1. The minimum absolute atomic E-state index is 0.0975. The largest absolute Gasteiger partial charge is 0.481 e. The van der Waals surface area contributed by atoms with Crippen molar-refractivity contribution >= 4 is 17.6 Å². The summed E-state index contributed by atoms with van der Waals surface area (Å²) in [6, 6.07) is 3.81. The van der Waals surface area contributed by atoms with Crippen molar-refractivity contribution in [3.63, 3.8) is 0 Å². The zero-order chi connectivity index (χ0) is 15.6. The number of hydrogen-bond donors (Lipinski definition) is 1. The Kier molecular flexibility index (Phi) is 4.21. The molecule has 1 heterocycles. The van der Waals surface area contributed by atoms with Crippen LogP contribution in [0.25, 0.3) is 0 Å². The maximum atomic E-state index is 12.5. The molecule has 2 rings (SSSR count). The van der Waals surface area contributed by atoms with Gasteiger partial charge in [-0.1, -0.05) is 6.07 Å². The van der Waals surface area contributed by atoms with Gasteiger partial charge in [-0.3, -0.25) is 19.7 Å². The van der Waals surface area contributed by atoms with E-state index in [1.54, 1.807) is 6.92 Å². The quantitative estimate of drug-likeness (QED) is 0.675. The van der Waals surface area contributed by atoms with E-state index < -0.39 is 10.9 Å². The van der Waals surface area contributed by atoms with Crippen LogP contribution < -0.4 is 0 Å². The summed E-state index contributed by atoms with van der Waals surface area (Å²) in [6.07, 6.45) is 1.30. The molecule has 1 aromatic carbocycles. The maximum Gasteiger partial charge on any atom is 0.305 e. The van der Waals surface area contributed by atoms with Crippen LogP contribution in [0.5, 0.6) is 0 Å². The number of hydrogen-bond acceptors (Lipinski definition) is 4. The van der Waals surface area contributed by atoms with Crippen molar-refractivity contribution in [2.24, 2.45) is 0 Å². The molecule has 7 heteroatoms. The van der Waals surface area contributed by atoms with Crippen molar-refractivity contribution in [1.29, 1.82) is 0 Å². The highest BCUT2D eigenvalue weighted by atomic mass is 16.6. The van der Waals surface area contributed by atoms with Crippen molar-refractivity contribution in [3.8, 4) is 0 Å². The molecule has 0 aliphatic carbocycles. The minimum Gasteiger partial charge on any atom is -0.481 e. The van der Waals surface area contributed by atoms with Gasteiger partial charge >= 0.3 is 5.97 Å². The summed E-state index contributed by atoms with van der Waals surface area (Å²) in [4.78, 5) is 35.2. The first-order chi connectivity index (χ1) is 9.90. The van der Waals surface area contributed by atoms with Crippen molar-refractivity contribution in [1.82, 2.24) is 4.90 Å². The van der Waals surface area contributed by atoms with Crippen LogP contribution in [0.1, 0.15) is 35.2 Å². The first-order valence-electron chi connectivity index (χ1n) is 6.68. The number of non-ortho nitro benzene ring substituents is 1. The van der Waals surface area contributed by atoms with E-state index in [2.05, 4.69) is 0 Å². The van der Waals surface area contributed by atoms with E-state index in [4.69, 9.17) is 5.11 Å². The Morgan fingerprint density at radius 3 is 2.81 bits per heavy atom. The second kappa shape index (κ2) is 5.90. The zero-order valence-electron chi connectivity index (χ0n) is 11.6. The third-order valence-corrected chi connectivity index (χ3v) is 3.71. The highest BCUT2D eigenvalue weighted by Gasteiger charge is 2.32. The summed E-state index contributed by atoms with van der Waals surface area (Å²) in [5.74, 6) is -1.28. The van der Waals surface area contributed by atoms with Gasteiger partial charge in [-0.2, -0.15) is 0 Å². The maximum absolute atomic E-state index is 12.5. The molecule has 1 N–H and O–H groups in total. The van der Waals surface area contributed by atoms with E-state index in [0.29, 0.717) is 18.5 Å². The van der Waals surface area contributed by atoms with Crippen LogP contribution in [-0.2, 0) is 4.79 Å². The van der Waals surface area contributed by atoms with Gasteiger partial charge in [0.15, 0.2) is 0 Å². The highest BCUT2D eigenvalue weighted by Crippen LogP contribution is 2.25. The Balaban J connectivity index is 2.28. The van der Waals surface area contributed by atoms with Gasteiger partial charge in [0, 0.05) is 30.3 Å². The molecule has 0 bridgehead atoms. The molecule has 0 spiro atoms. The molecule has 1 aliphatic heterocycles. The molecular weight excluding hydrogens is 276 g/mol. The highest BCUT2D eigenvalue weighted by molar-refractivity contribution is 5.96. The molecule has 21 heavy (non-hydrogen) atoms. The normalized spacial score (nSPS) is 17.8. The number of nitro groups is 1. The molecule has 0 aromatic heterocycles. The van der Waals surface area contributed by atoms with E-state index in [-0.39, 0.29) is 29.6 Å². The smallest absolute Gasteiger partial charge is 0.305 e. The van der Waals surface area contributed by atoms with Crippen LogP contribution in [0.2, 0.25) is 0 Å². The predicted octanol–water partition coefficient (Wildman–Crippen LogP) is 1.98. The molecule has 1 amide bonds. The number of carboxylic acids is 1. The SMILES string of the molecule is Cc1ccc([N+](=O)[O-])cc1C(=O)N1CCCC1CC(=O)O. The monoisotopic (exact) mass is 292 g/mol. The molecule has 7 nitrogen and oxygen atoms in total. The Hall–Kier alpha value is -2.44. The van der Waals surface area contributed by atoms with E-state index in [0.717, 1.165) is 6.42 Å². The number of benzene rings is 1. The fourth-order valence-corrected chi connectivity index (χ4v) is 2.63. The second-order valence-corrected chi connectivity index (χ2v) is 5.15. The molecule has 1 atom stereocenters. The summed E-state index contributed by atoms with van der Waals surface area (Å²) in [5, 5.41) is 19.7. The van der Waals surface area contributed by atoms with Gasteiger partial charge in [0.2, 0.25) is 0 Å². The Morgan fingerprint density at radius 2 is 2.19 bits per heavy atom. The molecule has 0 saturated carbocycles. The summed E-state index contributed by atoms with van der Waals surface area (Å²) in [6.45, 7) is 2.19. The van der Waals surface area contributed by atoms with Crippen LogP contribution in [0.3, 0.4) is 0 Å². The Morgan fingerprint density at radius 1 is 1.48 bits per heavy atom. The number of carbonyl (C=O) groups excluding carboxylic acids is 1. The molecule has 1 fully saturated rings. The zero-order valence-corrected chi connectivity index (χ0v) is 11.6. The van der Waals surface area contributed by atoms with Crippen LogP contribution in [0.4, 0.5) is 5.69 Å². The summed E-state index contributed by atoms with van der Waals surface area (Å²) >= 11 is 0. The summed E-state index contributed by atoms with van der Waals surface area (Å²) in [5.41, 5.74) is 0.769. The van der Waals surface area contributed by atoms with Gasteiger partial charge in [-0.05, 0) is 25.3 Å². The van der Waals surface area contributed by atoms with Gasteiger partial charge < -0.3 is 10.0 Å². The molecule has 1 aliphatic rings. The van der Waals surface area contributed by atoms with Crippen LogP contribution in [0.15, 0.2) is 18.2 Å². The van der Waals surface area contributed by atoms with Crippen molar-refractivity contribution in [3.05, 3.63) is 39.4 Å². The number of nitro benzene ring substituents is 1. The lowest BCUT2D eigenvalue weighted by molar-refractivity contribution is -0.384. The summed E-state index contributed by atoms with van der Waals surface area (Å²) < 4.78 is 0. The lowest BCUT2D eigenvalue weighted by Gasteiger charge is -2.24. The van der Waals surface area contributed by atoms with Gasteiger partial charge in [0.05, 0.1) is 11.3 Å². The first kappa shape index (κ1) is 15.0. The van der Waals surface area contributed by atoms with Crippen molar-refractivity contribution in [2.45, 2.75) is 32.2 Å². The topological polar surface area (TPSA) is 101 Å². The van der Waals surface area contributed by atoms with Crippen LogP contribution in [0, 0.1) is 17.0 Å². The number of nitrogens with zero attached hydrogens (tertiary/aromatic N) is 2. The van der Waals surface area contributed by atoms with Crippen molar-refractivity contribution in [2.75, 3.05) is 6.54 Å². The van der Waals surface area contributed by atoms with Crippen LogP contribution >= 0.6 is 0 Å². The molecule has 1 aromatic rings. The third-order valence-electron chi connectivity index (χ3n) is 3.71. The summed E-state index contributed by atoms with van der Waals surface area (Å²) in [7, 11) is 0. The lowest BCUT2D eigenvalue weighted by atomic mass is 10.1. The Bertz CT molecular complexity index is 599. The number of rotatable bonds is 4. The van der Waals surface area contributed by atoms with Gasteiger partial charge in [-0.15, -0.1) is 0 Å². The number of amides is 1. The van der Waals surface area contributed by atoms with E-state index in [1.807, 2.05) is 0 Å². The molecule has 112 valence electrons. The van der Waals surface area contributed by atoms with Gasteiger partial charge in [0.1, 0.15) is 0 Å². The average Bonchev–Trinajstić information content (AvgIpc) is 2.85. The van der Waals surface area contributed by atoms with Gasteiger partial charge in [-0.25, -0.2) is 0 Å². The standard InChI is InChI=1S/C14H16N2O5/c1-9-4-5-11(16(20)21)7-12(9)14(19)15-6-2-3-10(15)8-13(17)18/h4-5,7,10H,2-3,6,8H2,1H3,(H,17,18). The molecule has 1 saturated heterocycles. The second-order valence-electron chi connectivity index (χ2n) is 5.15. The van der Waals surface area contributed by atoms with Gasteiger partial charge in [0.25, 0.3) is 11.6 Å². The first-order valence-corrected chi connectivity index (χ1v) is 6.68. The van der Waals surface area contributed by atoms with E-state index >= 15 is 0 Å². The lowest BCUT2D eigenvalue weighted by Crippen LogP contribution is -2.37. The minimum atomic E-state index is -0.949. The number of carbonyl (C=O) groups is 2. The fourth-order valence-electron chi connectivity index (χ4n) is 2.63. The number of carboxylic acid groups (broad SMARTS) is 1. The number of likely N-dealkylation sites (tertiary alicyclic amines) is 1. The molecule has 0 radical (unpaired) electrons. The fraction of sp³-hybridized carbons (Fsp3) is 0.429.